The first kappa shape index (κ1) is 17.2. The van der Waals surface area contributed by atoms with E-state index in [0.29, 0.717) is 18.5 Å². The summed E-state index contributed by atoms with van der Waals surface area (Å²) >= 11 is 0. The fourth-order valence-corrected chi connectivity index (χ4v) is 2.43. The zero-order valence-corrected chi connectivity index (χ0v) is 13.8. The van der Waals surface area contributed by atoms with Crippen molar-refractivity contribution in [2.75, 3.05) is 40.8 Å². The molecule has 114 valence electrons. The molecule has 0 amide bonds. The Hall–Kier alpha value is -0.900. The van der Waals surface area contributed by atoms with Crippen LogP contribution in [-0.2, 0) is 6.42 Å². The van der Waals surface area contributed by atoms with Crippen molar-refractivity contribution in [2.24, 2.45) is 11.7 Å². The van der Waals surface area contributed by atoms with E-state index in [0.717, 1.165) is 19.5 Å². The van der Waals surface area contributed by atoms with Gasteiger partial charge in [-0.25, -0.2) is 0 Å². The van der Waals surface area contributed by atoms with Gasteiger partial charge in [0.15, 0.2) is 0 Å². The van der Waals surface area contributed by atoms with Gasteiger partial charge >= 0.3 is 0 Å². The lowest BCUT2D eigenvalue weighted by atomic mass is 9.99. The summed E-state index contributed by atoms with van der Waals surface area (Å²) in [5.74, 6) is 0.703. The van der Waals surface area contributed by atoms with Gasteiger partial charge in [-0.15, -0.1) is 0 Å². The van der Waals surface area contributed by atoms with Crippen molar-refractivity contribution < 1.29 is 0 Å². The maximum atomic E-state index is 5.98. The lowest BCUT2D eigenvalue weighted by molar-refractivity contribution is 0.223. The first-order chi connectivity index (χ1) is 9.43. The highest BCUT2D eigenvalue weighted by Crippen LogP contribution is 2.19. The van der Waals surface area contributed by atoms with Crippen LogP contribution in [0, 0.1) is 5.92 Å². The molecule has 1 atom stereocenters. The molecule has 20 heavy (non-hydrogen) atoms. The summed E-state index contributed by atoms with van der Waals surface area (Å²) in [5.41, 5.74) is 8.71. The first-order valence-corrected chi connectivity index (χ1v) is 7.58. The third kappa shape index (κ3) is 5.61. The van der Waals surface area contributed by atoms with Crippen LogP contribution in [0.2, 0.25) is 0 Å². The largest absolute Gasteiger partial charge is 0.329 e. The quantitative estimate of drug-likeness (QED) is 0.792. The van der Waals surface area contributed by atoms with Gasteiger partial charge in [-0.05, 0) is 44.6 Å². The molecule has 0 aliphatic rings. The number of nitrogens with zero attached hydrogens (tertiary/aromatic N) is 2. The lowest BCUT2D eigenvalue weighted by Gasteiger charge is -2.28. The van der Waals surface area contributed by atoms with Crippen molar-refractivity contribution in [3.63, 3.8) is 0 Å². The predicted molar refractivity (Wildman–Crippen MR) is 88.0 cm³/mol. The van der Waals surface area contributed by atoms with Crippen molar-refractivity contribution in [3.05, 3.63) is 35.4 Å². The minimum absolute atomic E-state index is 0.308. The second-order valence-corrected chi connectivity index (χ2v) is 6.37. The summed E-state index contributed by atoms with van der Waals surface area (Å²) in [5, 5.41) is 0. The summed E-state index contributed by atoms with van der Waals surface area (Å²) in [7, 11) is 6.36. The number of rotatable bonds is 8. The summed E-state index contributed by atoms with van der Waals surface area (Å²) in [6, 6.07) is 9.28. The van der Waals surface area contributed by atoms with E-state index in [-0.39, 0.29) is 0 Å². The van der Waals surface area contributed by atoms with E-state index in [9.17, 15) is 0 Å². The van der Waals surface area contributed by atoms with Gasteiger partial charge in [0.25, 0.3) is 0 Å². The van der Waals surface area contributed by atoms with Crippen LogP contribution in [-0.4, -0.2) is 50.6 Å². The Labute approximate surface area is 124 Å². The van der Waals surface area contributed by atoms with Crippen molar-refractivity contribution in [3.8, 4) is 0 Å². The van der Waals surface area contributed by atoms with Crippen LogP contribution in [0.3, 0.4) is 0 Å². The molecule has 0 saturated heterocycles. The lowest BCUT2D eigenvalue weighted by Crippen LogP contribution is -2.35. The van der Waals surface area contributed by atoms with Gasteiger partial charge in [0.1, 0.15) is 0 Å². The zero-order chi connectivity index (χ0) is 15.1. The highest BCUT2D eigenvalue weighted by molar-refractivity contribution is 5.25. The van der Waals surface area contributed by atoms with Gasteiger partial charge in [0.2, 0.25) is 0 Å². The number of hydrogen-bond acceptors (Lipinski definition) is 3. The third-order valence-corrected chi connectivity index (χ3v) is 3.66. The van der Waals surface area contributed by atoms with E-state index in [1.54, 1.807) is 0 Å². The average Bonchev–Trinajstić information content (AvgIpc) is 2.38. The maximum Gasteiger partial charge on any atom is 0.0467 e. The SMILES string of the molecule is CC(C)Cc1ccc(C(CN)N(C)CCN(C)C)cc1. The molecule has 0 aliphatic carbocycles. The molecule has 3 nitrogen and oxygen atoms in total. The molecule has 0 radical (unpaired) electrons. The Morgan fingerprint density at radius 3 is 2.05 bits per heavy atom. The molecule has 1 unspecified atom stereocenters. The number of benzene rings is 1. The van der Waals surface area contributed by atoms with E-state index in [2.05, 4.69) is 69.1 Å². The van der Waals surface area contributed by atoms with E-state index in [1.807, 2.05) is 0 Å². The highest BCUT2D eigenvalue weighted by Gasteiger charge is 2.15. The molecule has 3 heteroatoms. The highest BCUT2D eigenvalue weighted by atomic mass is 15.2. The van der Waals surface area contributed by atoms with Gasteiger partial charge < -0.3 is 10.6 Å². The van der Waals surface area contributed by atoms with E-state index in [4.69, 9.17) is 5.73 Å². The molecule has 1 aromatic carbocycles. The molecule has 0 bridgehead atoms. The molecular weight excluding hydrogens is 246 g/mol. The van der Waals surface area contributed by atoms with E-state index >= 15 is 0 Å². The summed E-state index contributed by atoms with van der Waals surface area (Å²) in [4.78, 5) is 4.55. The van der Waals surface area contributed by atoms with Crippen molar-refractivity contribution >= 4 is 0 Å². The van der Waals surface area contributed by atoms with E-state index in [1.165, 1.54) is 11.1 Å². The van der Waals surface area contributed by atoms with E-state index < -0.39 is 0 Å². The Balaban J connectivity index is 2.69. The Morgan fingerprint density at radius 1 is 1.00 bits per heavy atom. The van der Waals surface area contributed by atoms with Crippen molar-refractivity contribution in [2.45, 2.75) is 26.3 Å². The van der Waals surface area contributed by atoms with Crippen LogP contribution in [0.4, 0.5) is 0 Å². The third-order valence-electron chi connectivity index (χ3n) is 3.66. The molecular formula is C17H31N3. The molecule has 1 aromatic rings. The van der Waals surface area contributed by atoms with Crippen LogP contribution >= 0.6 is 0 Å². The smallest absolute Gasteiger partial charge is 0.0467 e. The van der Waals surface area contributed by atoms with Crippen molar-refractivity contribution in [1.29, 1.82) is 0 Å². The summed E-state index contributed by atoms with van der Waals surface area (Å²) in [6.45, 7) is 7.26. The average molecular weight is 277 g/mol. The fraction of sp³-hybridized carbons (Fsp3) is 0.647. The van der Waals surface area contributed by atoms with Gasteiger partial charge in [0.05, 0.1) is 0 Å². The summed E-state index contributed by atoms with van der Waals surface area (Å²) < 4.78 is 0. The topological polar surface area (TPSA) is 32.5 Å². The standard InChI is InChI=1S/C17H31N3/c1-14(2)12-15-6-8-16(9-7-15)17(13-18)20(5)11-10-19(3)4/h6-9,14,17H,10-13,18H2,1-5H3. The Morgan fingerprint density at radius 2 is 1.60 bits per heavy atom. The Bertz CT molecular complexity index is 370. The minimum atomic E-state index is 0.308. The monoisotopic (exact) mass is 277 g/mol. The van der Waals surface area contributed by atoms with Crippen LogP contribution in [0.15, 0.2) is 24.3 Å². The fourth-order valence-electron chi connectivity index (χ4n) is 2.43. The normalized spacial score (nSPS) is 13.4. The van der Waals surface area contributed by atoms with Gasteiger partial charge in [-0.1, -0.05) is 38.1 Å². The Kier molecular flexibility index (Phi) is 7.20. The number of likely N-dealkylation sites (N-methyl/N-ethyl adjacent to an activating group) is 2. The van der Waals surface area contributed by atoms with Gasteiger partial charge in [0, 0.05) is 25.7 Å². The number of nitrogens with two attached hydrogens (primary N) is 1. The van der Waals surface area contributed by atoms with Crippen LogP contribution in [0.5, 0.6) is 0 Å². The van der Waals surface area contributed by atoms with Gasteiger partial charge in [-0.3, -0.25) is 4.90 Å². The second-order valence-electron chi connectivity index (χ2n) is 6.37. The molecule has 0 spiro atoms. The van der Waals surface area contributed by atoms with Crippen molar-refractivity contribution in [1.82, 2.24) is 9.80 Å². The van der Waals surface area contributed by atoms with Gasteiger partial charge in [-0.2, -0.15) is 0 Å². The number of hydrogen-bond donors (Lipinski definition) is 1. The molecule has 0 aromatic heterocycles. The van der Waals surface area contributed by atoms with Crippen LogP contribution in [0.25, 0.3) is 0 Å². The molecule has 0 aliphatic heterocycles. The molecule has 0 heterocycles. The van der Waals surface area contributed by atoms with Crippen LogP contribution < -0.4 is 5.73 Å². The maximum absolute atomic E-state index is 5.98. The zero-order valence-electron chi connectivity index (χ0n) is 13.8. The minimum Gasteiger partial charge on any atom is -0.329 e. The predicted octanol–water partition coefficient (Wildman–Crippen LogP) is 2.38. The first-order valence-electron chi connectivity index (χ1n) is 7.58. The molecule has 2 N–H and O–H groups in total. The molecule has 1 rings (SSSR count). The second kappa shape index (κ2) is 8.40. The molecule has 0 fully saturated rings. The summed E-state index contributed by atoms with van der Waals surface area (Å²) in [6.07, 6.45) is 1.14. The molecule has 0 saturated carbocycles. The van der Waals surface area contributed by atoms with Crippen LogP contribution in [0.1, 0.15) is 31.0 Å².